The third kappa shape index (κ3) is 4.86. The summed E-state index contributed by atoms with van der Waals surface area (Å²) in [5.74, 6) is 0.789. The van der Waals surface area contributed by atoms with Gasteiger partial charge in [-0.25, -0.2) is 4.39 Å². The fourth-order valence-corrected chi connectivity index (χ4v) is 3.55. The average Bonchev–Trinajstić information content (AvgIpc) is 2.86. The number of benzene rings is 4. The van der Waals surface area contributed by atoms with Gasteiger partial charge >= 0.3 is 0 Å². The summed E-state index contributed by atoms with van der Waals surface area (Å²) in [4.78, 5) is 17.0. The first-order valence-electron chi connectivity index (χ1n) is 10.7. The normalized spacial score (nSPS) is 10.6. The van der Waals surface area contributed by atoms with Crippen molar-refractivity contribution in [3.05, 3.63) is 121 Å². The van der Waals surface area contributed by atoms with Crippen LogP contribution in [-0.2, 0) is 0 Å². The van der Waals surface area contributed by atoms with Gasteiger partial charge in [-0.05, 0) is 72.8 Å². The van der Waals surface area contributed by atoms with Gasteiger partial charge in [0.2, 0.25) is 0 Å². The number of fused-ring (bicyclic) bond motifs is 1. The molecular formula is C28H20FN3O2. The molecule has 5 nitrogen and oxygen atoms in total. The molecule has 0 radical (unpaired) electrons. The van der Waals surface area contributed by atoms with Crippen molar-refractivity contribution in [3.8, 4) is 11.5 Å². The number of amides is 1. The van der Waals surface area contributed by atoms with E-state index in [0.29, 0.717) is 27.9 Å². The lowest BCUT2D eigenvalue weighted by molar-refractivity contribution is 0.102. The highest BCUT2D eigenvalue weighted by atomic mass is 19.1. The first-order chi connectivity index (χ1) is 16.6. The van der Waals surface area contributed by atoms with Crippen molar-refractivity contribution in [1.29, 1.82) is 0 Å². The Labute approximate surface area is 195 Å². The summed E-state index contributed by atoms with van der Waals surface area (Å²) in [6.07, 6.45) is 1.67. The van der Waals surface area contributed by atoms with Crippen LogP contribution in [0.4, 0.5) is 21.5 Å². The molecule has 2 N–H and O–H groups in total. The van der Waals surface area contributed by atoms with Crippen LogP contribution in [0.1, 0.15) is 10.4 Å². The van der Waals surface area contributed by atoms with E-state index in [4.69, 9.17) is 4.74 Å². The second-order valence-corrected chi connectivity index (χ2v) is 7.62. The Morgan fingerprint density at radius 2 is 1.56 bits per heavy atom. The van der Waals surface area contributed by atoms with Gasteiger partial charge in [-0.3, -0.25) is 9.78 Å². The number of hydrogen-bond donors (Lipinski definition) is 2. The lowest BCUT2D eigenvalue weighted by atomic mass is 10.1. The minimum Gasteiger partial charge on any atom is -0.457 e. The van der Waals surface area contributed by atoms with Crippen LogP contribution in [-0.4, -0.2) is 10.9 Å². The zero-order chi connectivity index (χ0) is 23.3. The van der Waals surface area contributed by atoms with Gasteiger partial charge in [0.15, 0.2) is 0 Å². The maximum Gasteiger partial charge on any atom is 0.255 e. The summed E-state index contributed by atoms with van der Waals surface area (Å²) in [6.45, 7) is 0. The minimum absolute atomic E-state index is 0.236. The van der Waals surface area contributed by atoms with Crippen LogP contribution in [0, 0.1) is 5.82 Å². The van der Waals surface area contributed by atoms with Gasteiger partial charge in [0.05, 0.1) is 5.52 Å². The molecule has 0 aliphatic heterocycles. The van der Waals surface area contributed by atoms with Crippen LogP contribution in [0.3, 0.4) is 0 Å². The molecule has 5 aromatic rings. The highest BCUT2D eigenvalue weighted by Crippen LogP contribution is 2.27. The molecule has 4 aromatic carbocycles. The zero-order valence-corrected chi connectivity index (χ0v) is 18.0. The Morgan fingerprint density at radius 1 is 0.765 bits per heavy atom. The van der Waals surface area contributed by atoms with Gasteiger partial charge in [-0.15, -0.1) is 0 Å². The second-order valence-electron chi connectivity index (χ2n) is 7.62. The van der Waals surface area contributed by atoms with Crippen molar-refractivity contribution in [3.63, 3.8) is 0 Å². The zero-order valence-electron chi connectivity index (χ0n) is 18.0. The number of ether oxygens (including phenoxy) is 1. The second kappa shape index (κ2) is 9.42. The largest absolute Gasteiger partial charge is 0.457 e. The van der Waals surface area contributed by atoms with Crippen molar-refractivity contribution >= 4 is 33.9 Å². The van der Waals surface area contributed by atoms with Gasteiger partial charge in [-0.2, -0.15) is 0 Å². The van der Waals surface area contributed by atoms with E-state index in [-0.39, 0.29) is 11.7 Å². The number of pyridine rings is 1. The van der Waals surface area contributed by atoms with E-state index in [1.54, 1.807) is 54.7 Å². The lowest BCUT2D eigenvalue weighted by Crippen LogP contribution is -2.11. The first kappa shape index (κ1) is 21.2. The fraction of sp³-hybridized carbons (Fsp3) is 0. The highest BCUT2D eigenvalue weighted by Gasteiger charge is 2.09. The smallest absolute Gasteiger partial charge is 0.255 e. The number of carbonyl (C=O) groups is 1. The predicted octanol–water partition coefficient (Wildman–Crippen LogP) is 7.16. The van der Waals surface area contributed by atoms with E-state index in [1.807, 2.05) is 42.5 Å². The molecule has 34 heavy (non-hydrogen) atoms. The van der Waals surface area contributed by atoms with Gasteiger partial charge in [0.25, 0.3) is 5.91 Å². The van der Waals surface area contributed by atoms with Crippen LogP contribution in [0.25, 0.3) is 10.9 Å². The standard InChI is InChI=1S/C28H20FN3O2/c29-20-11-14-26-25(17-20)27(15-16-30-26)31-21-12-9-19(10-13-21)28(33)32-22-5-4-8-24(18-22)34-23-6-2-1-3-7-23/h1-18H,(H,30,31)(H,32,33). The molecule has 0 spiro atoms. The van der Waals surface area contributed by atoms with Crippen LogP contribution >= 0.6 is 0 Å². The molecule has 1 amide bonds. The van der Waals surface area contributed by atoms with E-state index in [9.17, 15) is 9.18 Å². The average molecular weight is 449 g/mol. The van der Waals surface area contributed by atoms with E-state index in [2.05, 4.69) is 15.6 Å². The van der Waals surface area contributed by atoms with Crippen LogP contribution in [0.15, 0.2) is 109 Å². The monoisotopic (exact) mass is 449 g/mol. The Bertz CT molecular complexity index is 1450. The summed E-state index contributed by atoms with van der Waals surface area (Å²) in [6, 6.07) is 30.0. The molecule has 1 aromatic heterocycles. The number of halogens is 1. The first-order valence-corrected chi connectivity index (χ1v) is 10.7. The maximum absolute atomic E-state index is 13.7. The molecule has 0 aliphatic rings. The summed E-state index contributed by atoms with van der Waals surface area (Å²) < 4.78 is 19.5. The number of carbonyl (C=O) groups excluding carboxylic acids is 1. The molecule has 0 unspecified atom stereocenters. The Morgan fingerprint density at radius 3 is 2.38 bits per heavy atom. The van der Waals surface area contributed by atoms with Crippen molar-refractivity contribution in [2.24, 2.45) is 0 Å². The van der Waals surface area contributed by atoms with E-state index in [1.165, 1.54) is 12.1 Å². The minimum atomic E-state index is -0.325. The third-order valence-corrected chi connectivity index (χ3v) is 5.20. The summed E-state index contributed by atoms with van der Waals surface area (Å²) in [5.41, 5.74) is 3.33. The summed E-state index contributed by atoms with van der Waals surface area (Å²) in [7, 11) is 0. The van der Waals surface area contributed by atoms with E-state index in [0.717, 1.165) is 17.1 Å². The molecule has 0 saturated carbocycles. The molecule has 5 rings (SSSR count). The van der Waals surface area contributed by atoms with Crippen molar-refractivity contribution in [1.82, 2.24) is 4.98 Å². The van der Waals surface area contributed by atoms with Gasteiger partial charge < -0.3 is 15.4 Å². The molecule has 0 bridgehead atoms. The van der Waals surface area contributed by atoms with Crippen LogP contribution in [0.5, 0.6) is 11.5 Å². The lowest BCUT2D eigenvalue weighted by Gasteiger charge is -2.11. The van der Waals surface area contributed by atoms with Gasteiger partial charge in [0, 0.05) is 40.3 Å². The molecule has 0 fully saturated rings. The summed E-state index contributed by atoms with van der Waals surface area (Å²) in [5, 5.41) is 6.84. The molecule has 166 valence electrons. The molecular weight excluding hydrogens is 429 g/mol. The molecule has 1 heterocycles. The van der Waals surface area contributed by atoms with Gasteiger partial charge in [0.1, 0.15) is 17.3 Å². The topological polar surface area (TPSA) is 63.2 Å². The maximum atomic E-state index is 13.7. The Hall–Kier alpha value is -4.71. The molecule has 0 aliphatic carbocycles. The Kier molecular flexibility index (Phi) is 5.86. The van der Waals surface area contributed by atoms with E-state index >= 15 is 0 Å². The quantitative estimate of drug-likeness (QED) is 0.289. The van der Waals surface area contributed by atoms with Crippen molar-refractivity contribution < 1.29 is 13.9 Å². The number of anilines is 3. The van der Waals surface area contributed by atoms with Crippen molar-refractivity contribution in [2.75, 3.05) is 10.6 Å². The predicted molar refractivity (Wildman–Crippen MR) is 132 cm³/mol. The highest BCUT2D eigenvalue weighted by molar-refractivity contribution is 6.04. The third-order valence-electron chi connectivity index (χ3n) is 5.20. The van der Waals surface area contributed by atoms with Crippen molar-refractivity contribution in [2.45, 2.75) is 0 Å². The summed E-state index contributed by atoms with van der Waals surface area (Å²) >= 11 is 0. The number of hydrogen-bond acceptors (Lipinski definition) is 4. The molecule has 0 saturated heterocycles. The number of rotatable bonds is 6. The number of aromatic nitrogens is 1. The number of para-hydroxylation sites is 1. The van der Waals surface area contributed by atoms with E-state index < -0.39 is 0 Å². The van der Waals surface area contributed by atoms with Crippen LogP contribution < -0.4 is 15.4 Å². The SMILES string of the molecule is O=C(Nc1cccc(Oc2ccccc2)c1)c1ccc(Nc2ccnc3ccc(F)cc23)cc1. The number of nitrogens with zero attached hydrogens (tertiary/aromatic N) is 1. The molecule has 0 atom stereocenters. The Balaban J connectivity index is 1.27. The fourth-order valence-electron chi connectivity index (χ4n) is 3.55. The van der Waals surface area contributed by atoms with Crippen LogP contribution in [0.2, 0.25) is 0 Å². The molecule has 6 heteroatoms. The van der Waals surface area contributed by atoms with Gasteiger partial charge in [-0.1, -0.05) is 24.3 Å². The number of nitrogens with one attached hydrogen (secondary N) is 2.